The molecule has 1 fully saturated rings. The molecular formula is C15H19N5OS. The molecule has 116 valence electrons. The van der Waals surface area contributed by atoms with Crippen molar-refractivity contribution in [2.75, 3.05) is 19.6 Å². The number of rotatable bonds is 4. The SMILES string of the molecule is C[C@@H]1CNCCN1C(=O)c1ccc(CSc2ncn[nH]2)cc1. The van der Waals surface area contributed by atoms with Crippen LogP contribution in [0.25, 0.3) is 0 Å². The van der Waals surface area contributed by atoms with Crippen molar-refractivity contribution in [3.63, 3.8) is 0 Å². The molecule has 1 aromatic heterocycles. The number of benzene rings is 1. The third kappa shape index (κ3) is 3.48. The van der Waals surface area contributed by atoms with E-state index < -0.39 is 0 Å². The number of carbonyl (C=O) groups is 1. The second-order valence-corrected chi connectivity index (χ2v) is 6.29. The maximum absolute atomic E-state index is 12.5. The highest BCUT2D eigenvalue weighted by atomic mass is 32.2. The molecule has 22 heavy (non-hydrogen) atoms. The van der Waals surface area contributed by atoms with Gasteiger partial charge in [0.15, 0.2) is 5.16 Å². The zero-order valence-corrected chi connectivity index (χ0v) is 13.3. The molecule has 3 rings (SSSR count). The van der Waals surface area contributed by atoms with Gasteiger partial charge in [0, 0.05) is 37.0 Å². The van der Waals surface area contributed by atoms with Gasteiger partial charge in [0.05, 0.1) is 0 Å². The number of nitrogens with one attached hydrogen (secondary N) is 2. The fourth-order valence-electron chi connectivity index (χ4n) is 2.47. The molecule has 0 unspecified atom stereocenters. The fourth-order valence-corrected chi connectivity index (χ4v) is 3.20. The van der Waals surface area contributed by atoms with Crippen LogP contribution in [0, 0.1) is 0 Å². The van der Waals surface area contributed by atoms with Gasteiger partial charge in [-0.05, 0) is 24.6 Å². The molecule has 2 aromatic rings. The molecule has 1 aliphatic rings. The molecule has 2 heterocycles. The highest BCUT2D eigenvalue weighted by molar-refractivity contribution is 7.98. The van der Waals surface area contributed by atoms with Crippen LogP contribution >= 0.6 is 11.8 Å². The average Bonchev–Trinajstić information content (AvgIpc) is 3.07. The molecule has 0 spiro atoms. The van der Waals surface area contributed by atoms with Crippen molar-refractivity contribution in [2.45, 2.75) is 23.9 Å². The molecule has 7 heteroatoms. The quantitative estimate of drug-likeness (QED) is 0.837. The summed E-state index contributed by atoms with van der Waals surface area (Å²) in [5.41, 5.74) is 1.91. The molecule has 1 saturated heterocycles. The monoisotopic (exact) mass is 317 g/mol. The van der Waals surface area contributed by atoms with E-state index in [4.69, 9.17) is 0 Å². The second-order valence-electron chi connectivity index (χ2n) is 5.33. The van der Waals surface area contributed by atoms with Crippen molar-refractivity contribution in [3.05, 3.63) is 41.7 Å². The summed E-state index contributed by atoms with van der Waals surface area (Å²) in [7, 11) is 0. The molecule has 0 radical (unpaired) electrons. The van der Waals surface area contributed by atoms with Crippen molar-refractivity contribution in [1.29, 1.82) is 0 Å². The number of aromatic amines is 1. The Kier molecular flexibility index (Phi) is 4.74. The van der Waals surface area contributed by atoms with Gasteiger partial charge in [0.25, 0.3) is 5.91 Å². The normalized spacial score (nSPS) is 18.4. The molecule has 1 aromatic carbocycles. The lowest BCUT2D eigenvalue weighted by molar-refractivity contribution is 0.0656. The van der Waals surface area contributed by atoms with Crippen LogP contribution in [0.5, 0.6) is 0 Å². The number of amides is 1. The van der Waals surface area contributed by atoms with Crippen LogP contribution in [0.1, 0.15) is 22.8 Å². The minimum atomic E-state index is 0.114. The van der Waals surface area contributed by atoms with Gasteiger partial charge in [0.1, 0.15) is 6.33 Å². The summed E-state index contributed by atoms with van der Waals surface area (Å²) in [6.07, 6.45) is 1.50. The van der Waals surface area contributed by atoms with E-state index in [1.54, 1.807) is 11.8 Å². The molecule has 0 bridgehead atoms. The number of carbonyl (C=O) groups excluding carboxylic acids is 1. The molecule has 6 nitrogen and oxygen atoms in total. The molecule has 1 amide bonds. The summed E-state index contributed by atoms with van der Waals surface area (Å²) in [5, 5.41) is 10.7. The maximum Gasteiger partial charge on any atom is 0.254 e. The predicted octanol–water partition coefficient (Wildman–Crippen LogP) is 1.53. The van der Waals surface area contributed by atoms with Gasteiger partial charge in [-0.3, -0.25) is 9.89 Å². The largest absolute Gasteiger partial charge is 0.333 e. The Morgan fingerprint density at radius 3 is 2.91 bits per heavy atom. The van der Waals surface area contributed by atoms with Gasteiger partial charge in [-0.15, -0.1) is 0 Å². The smallest absolute Gasteiger partial charge is 0.254 e. The zero-order chi connectivity index (χ0) is 15.4. The Morgan fingerprint density at radius 2 is 2.23 bits per heavy atom. The van der Waals surface area contributed by atoms with Gasteiger partial charge in [0.2, 0.25) is 0 Å². The highest BCUT2D eigenvalue weighted by Crippen LogP contribution is 2.19. The van der Waals surface area contributed by atoms with E-state index in [2.05, 4.69) is 27.4 Å². The van der Waals surface area contributed by atoms with Gasteiger partial charge >= 0.3 is 0 Å². The van der Waals surface area contributed by atoms with E-state index in [1.165, 1.54) is 6.33 Å². The zero-order valence-electron chi connectivity index (χ0n) is 12.5. The van der Waals surface area contributed by atoms with E-state index in [1.807, 2.05) is 29.2 Å². The molecule has 0 saturated carbocycles. The fraction of sp³-hybridized carbons (Fsp3) is 0.400. The maximum atomic E-state index is 12.5. The Bertz CT molecular complexity index is 613. The summed E-state index contributed by atoms with van der Waals surface area (Å²) in [5.74, 6) is 0.914. The highest BCUT2D eigenvalue weighted by Gasteiger charge is 2.23. The number of hydrogen-bond acceptors (Lipinski definition) is 5. The van der Waals surface area contributed by atoms with Crippen molar-refractivity contribution in [1.82, 2.24) is 25.4 Å². The molecule has 0 aliphatic carbocycles. The summed E-state index contributed by atoms with van der Waals surface area (Å²) in [4.78, 5) is 18.6. The van der Waals surface area contributed by atoms with Crippen LogP contribution in [0.3, 0.4) is 0 Å². The van der Waals surface area contributed by atoms with Crippen LogP contribution < -0.4 is 5.32 Å². The molecule has 1 atom stereocenters. The van der Waals surface area contributed by atoms with Crippen LogP contribution in [0.2, 0.25) is 0 Å². The molecule has 2 N–H and O–H groups in total. The Hall–Kier alpha value is -1.86. The molecular weight excluding hydrogens is 298 g/mol. The van der Waals surface area contributed by atoms with E-state index in [-0.39, 0.29) is 11.9 Å². The number of H-pyrrole nitrogens is 1. The first-order chi connectivity index (χ1) is 10.7. The minimum Gasteiger partial charge on any atom is -0.333 e. The Morgan fingerprint density at radius 1 is 1.41 bits per heavy atom. The number of nitrogens with zero attached hydrogens (tertiary/aromatic N) is 3. The Balaban J connectivity index is 1.62. The third-order valence-electron chi connectivity index (χ3n) is 3.73. The standard InChI is InChI=1S/C15H19N5OS/c1-11-8-16-6-7-20(11)14(21)13-4-2-12(3-5-13)9-22-15-17-10-18-19-15/h2-5,10-11,16H,6-9H2,1H3,(H,17,18,19)/t11-/m1/s1. The van der Waals surface area contributed by atoms with Crippen molar-refractivity contribution >= 4 is 17.7 Å². The first kappa shape index (κ1) is 15.1. The van der Waals surface area contributed by atoms with Crippen LogP contribution in [-0.4, -0.2) is 51.7 Å². The predicted molar refractivity (Wildman–Crippen MR) is 85.8 cm³/mol. The van der Waals surface area contributed by atoms with Crippen molar-refractivity contribution in [3.8, 4) is 0 Å². The van der Waals surface area contributed by atoms with Crippen LogP contribution in [-0.2, 0) is 5.75 Å². The second kappa shape index (κ2) is 6.93. The molecule has 1 aliphatic heterocycles. The summed E-state index contributed by atoms with van der Waals surface area (Å²) in [6, 6.07) is 8.07. The number of piperazine rings is 1. The minimum absolute atomic E-state index is 0.114. The average molecular weight is 317 g/mol. The van der Waals surface area contributed by atoms with E-state index in [0.29, 0.717) is 0 Å². The van der Waals surface area contributed by atoms with Crippen LogP contribution in [0.15, 0.2) is 35.7 Å². The summed E-state index contributed by atoms with van der Waals surface area (Å²) < 4.78 is 0. The van der Waals surface area contributed by atoms with Crippen LogP contribution in [0.4, 0.5) is 0 Å². The Labute approximate surface area is 133 Å². The number of aromatic nitrogens is 3. The number of hydrogen-bond donors (Lipinski definition) is 2. The van der Waals surface area contributed by atoms with E-state index in [9.17, 15) is 4.79 Å². The summed E-state index contributed by atoms with van der Waals surface area (Å²) in [6.45, 7) is 4.56. The lowest BCUT2D eigenvalue weighted by Crippen LogP contribution is -2.52. The van der Waals surface area contributed by atoms with E-state index in [0.717, 1.165) is 41.7 Å². The van der Waals surface area contributed by atoms with Gasteiger partial charge in [-0.25, -0.2) is 4.98 Å². The van der Waals surface area contributed by atoms with Gasteiger partial charge in [-0.2, -0.15) is 5.10 Å². The van der Waals surface area contributed by atoms with Crippen molar-refractivity contribution in [2.24, 2.45) is 0 Å². The lowest BCUT2D eigenvalue weighted by Gasteiger charge is -2.34. The third-order valence-corrected chi connectivity index (χ3v) is 4.68. The van der Waals surface area contributed by atoms with Gasteiger partial charge < -0.3 is 10.2 Å². The van der Waals surface area contributed by atoms with Crippen molar-refractivity contribution < 1.29 is 4.79 Å². The van der Waals surface area contributed by atoms with Gasteiger partial charge in [-0.1, -0.05) is 23.9 Å². The topological polar surface area (TPSA) is 73.9 Å². The number of thioether (sulfide) groups is 1. The summed E-state index contributed by atoms with van der Waals surface area (Å²) >= 11 is 1.59. The first-order valence-electron chi connectivity index (χ1n) is 7.33. The lowest BCUT2D eigenvalue weighted by atomic mass is 10.1. The first-order valence-corrected chi connectivity index (χ1v) is 8.31. The van der Waals surface area contributed by atoms with E-state index >= 15 is 0 Å².